The van der Waals surface area contributed by atoms with Gasteiger partial charge in [0.15, 0.2) is 11.5 Å². The highest BCUT2D eigenvalue weighted by atomic mass is 16.5. The zero-order chi connectivity index (χ0) is 19.1. The van der Waals surface area contributed by atoms with Gasteiger partial charge in [0.05, 0.1) is 21.3 Å². The first kappa shape index (κ1) is 20.0. The molecule has 8 heteroatoms. The lowest BCUT2D eigenvalue weighted by molar-refractivity contribution is 0.193. The van der Waals surface area contributed by atoms with Crippen LogP contribution >= 0.6 is 0 Å². The Morgan fingerprint density at radius 2 is 1.62 bits per heavy atom. The van der Waals surface area contributed by atoms with Gasteiger partial charge in [-0.1, -0.05) is 0 Å². The van der Waals surface area contributed by atoms with Crippen LogP contribution < -0.4 is 24.4 Å². The Morgan fingerprint density at radius 1 is 1.04 bits per heavy atom. The van der Waals surface area contributed by atoms with Crippen LogP contribution in [0.4, 0.5) is 10.5 Å². The number of anilines is 1. The van der Waals surface area contributed by atoms with Crippen LogP contribution in [0.3, 0.4) is 0 Å². The lowest BCUT2D eigenvalue weighted by Crippen LogP contribution is -2.52. The van der Waals surface area contributed by atoms with E-state index in [1.165, 1.54) is 0 Å². The average molecular weight is 366 g/mol. The highest BCUT2D eigenvalue weighted by Crippen LogP contribution is 2.41. The maximum absolute atomic E-state index is 12.2. The van der Waals surface area contributed by atoms with Crippen molar-refractivity contribution < 1.29 is 19.0 Å². The van der Waals surface area contributed by atoms with Gasteiger partial charge in [-0.05, 0) is 14.1 Å². The molecular weight excluding hydrogens is 336 g/mol. The molecule has 1 aromatic carbocycles. The third-order valence-electron chi connectivity index (χ3n) is 4.42. The fraction of sp³-hybridized carbons (Fsp3) is 0.611. The van der Waals surface area contributed by atoms with Gasteiger partial charge in [-0.15, -0.1) is 0 Å². The molecule has 0 spiro atoms. The van der Waals surface area contributed by atoms with Crippen molar-refractivity contribution in [3.63, 3.8) is 0 Å². The molecule has 0 bridgehead atoms. The number of nitrogens with one attached hydrogen (secondary N) is 1. The first-order valence-corrected chi connectivity index (χ1v) is 8.72. The molecule has 0 atom stereocenters. The van der Waals surface area contributed by atoms with Crippen LogP contribution in [0.15, 0.2) is 12.1 Å². The predicted octanol–water partition coefficient (Wildman–Crippen LogP) is 1.11. The van der Waals surface area contributed by atoms with E-state index in [9.17, 15) is 4.79 Å². The Balaban J connectivity index is 1.98. The lowest BCUT2D eigenvalue weighted by atomic mass is 10.2. The second-order valence-electron chi connectivity index (χ2n) is 6.39. The predicted molar refractivity (Wildman–Crippen MR) is 102 cm³/mol. The molecule has 8 nitrogen and oxygen atoms in total. The topological polar surface area (TPSA) is 66.5 Å². The van der Waals surface area contributed by atoms with E-state index in [0.717, 1.165) is 25.3 Å². The van der Waals surface area contributed by atoms with Crippen molar-refractivity contribution in [1.82, 2.24) is 15.1 Å². The van der Waals surface area contributed by atoms with Crippen molar-refractivity contribution in [2.75, 3.05) is 79.6 Å². The standard InChI is InChI=1S/C18H30N4O4/c1-20(2)7-6-19-18(23)22-10-8-21(9-11-22)14-12-15(24-3)17(26-5)16(13-14)25-4/h12-13H,6-11H2,1-5H3,(H,19,23). The summed E-state index contributed by atoms with van der Waals surface area (Å²) in [6, 6.07) is 3.87. The molecule has 1 heterocycles. The van der Waals surface area contributed by atoms with E-state index in [1.54, 1.807) is 21.3 Å². The smallest absolute Gasteiger partial charge is 0.317 e. The van der Waals surface area contributed by atoms with Crippen LogP contribution in [-0.2, 0) is 0 Å². The van der Waals surface area contributed by atoms with Crippen LogP contribution in [0.5, 0.6) is 17.2 Å². The van der Waals surface area contributed by atoms with Crippen molar-refractivity contribution in [1.29, 1.82) is 0 Å². The fourth-order valence-electron chi connectivity index (χ4n) is 2.92. The van der Waals surface area contributed by atoms with Crippen molar-refractivity contribution >= 4 is 11.7 Å². The molecular formula is C18H30N4O4. The van der Waals surface area contributed by atoms with Gasteiger partial charge in [-0.25, -0.2) is 4.79 Å². The number of rotatable bonds is 7. The number of urea groups is 1. The summed E-state index contributed by atoms with van der Waals surface area (Å²) >= 11 is 0. The number of amides is 2. The normalized spacial score (nSPS) is 14.4. The van der Waals surface area contributed by atoms with Crippen LogP contribution in [-0.4, -0.2) is 90.5 Å². The van der Waals surface area contributed by atoms with Crippen LogP contribution in [0.2, 0.25) is 0 Å². The minimum atomic E-state index is -0.00334. The van der Waals surface area contributed by atoms with Crippen molar-refractivity contribution in [2.45, 2.75) is 0 Å². The quantitative estimate of drug-likeness (QED) is 0.780. The van der Waals surface area contributed by atoms with Gasteiger partial charge < -0.3 is 34.2 Å². The van der Waals surface area contributed by atoms with Gasteiger partial charge in [-0.2, -0.15) is 0 Å². The number of likely N-dealkylation sites (N-methyl/N-ethyl adjacent to an activating group) is 1. The van der Waals surface area contributed by atoms with E-state index in [-0.39, 0.29) is 6.03 Å². The maximum atomic E-state index is 12.2. The highest BCUT2D eigenvalue weighted by molar-refractivity contribution is 5.74. The number of carbonyl (C=O) groups is 1. The van der Waals surface area contributed by atoms with Gasteiger partial charge >= 0.3 is 6.03 Å². The largest absolute Gasteiger partial charge is 0.493 e. The Labute approximate surface area is 155 Å². The number of hydrogen-bond acceptors (Lipinski definition) is 6. The molecule has 1 aliphatic heterocycles. The second kappa shape index (κ2) is 9.38. The summed E-state index contributed by atoms with van der Waals surface area (Å²) in [7, 11) is 8.78. The number of piperazine rings is 1. The molecule has 146 valence electrons. The molecule has 0 unspecified atom stereocenters. The Kier molecular flexibility index (Phi) is 7.20. The monoisotopic (exact) mass is 366 g/mol. The van der Waals surface area contributed by atoms with Gasteiger partial charge in [-0.3, -0.25) is 0 Å². The third kappa shape index (κ3) is 4.85. The molecule has 0 radical (unpaired) electrons. The molecule has 1 saturated heterocycles. The molecule has 1 N–H and O–H groups in total. The van der Waals surface area contributed by atoms with Crippen molar-refractivity contribution in [2.24, 2.45) is 0 Å². The van der Waals surface area contributed by atoms with Crippen molar-refractivity contribution in [3.8, 4) is 17.2 Å². The second-order valence-corrected chi connectivity index (χ2v) is 6.39. The summed E-state index contributed by atoms with van der Waals surface area (Å²) in [6.07, 6.45) is 0. The minimum absolute atomic E-state index is 0.00334. The molecule has 26 heavy (non-hydrogen) atoms. The van der Waals surface area contributed by atoms with E-state index in [1.807, 2.05) is 36.0 Å². The van der Waals surface area contributed by atoms with Crippen LogP contribution in [0, 0.1) is 0 Å². The summed E-state index contributed by atoms with van der Waals surface area (Å²) in [6.45, 7) is 4.32. The maximum Gasteiger partial charge on any atom is 0.317 e. The summed E-state index contributed by atoms with van der Waals surface area (Å²) in [5.74, 6) is 1.84. The number of nitrogens with zero attached hydrogens (tertiary/aromatic N) is 3. The Bertz CT molecular complexity index is 576. The molecule has 2 amide bonds. The summed E-state index contributed by atoms with van der Waals surface area (Å²) in [4.78, 5) is 18.3. The number of methoxy groups -OCH3 is 3. The molecule has 2 rings (SSSR count). The molecule has 0 aliphatic carbocycles. The van der Waals surface area contributed by atoms with Crippen molar-refractivity contribution in [3.05, 3.63) is 12.1 Å². The zero-order valence-corrected chi connectivity index (χ0v) is 16.4. The first-order valence-electron chi connectivity index (χ1n) is 8.72. The Hall–Kier alpha value is -2.35. The molecule has 0 aromatic heterocycles. The van der Waals surface area contributed by atoms with E-state index >= 15 is 0 Å². The van der Waals surface area contributed by atoms with E-state index in [2.05, 4.69) is 10.2 Å². The van der Waals surface area contributed by atoms with E-state index in [4.69, 9.17) is 14.2 Å². The molecule has 0 saturated carbocycles. The average Bonchev–Trinajstić information content (AvgIpc) is 2.66. The number of ether oxygens (including phenoxy) is 3. The molecule has 1 aliphatic rings. The first-order chi connectivity index (χ1) is 12.5. The molecule has 1 fully saturated rings. The van der Waals surface area contributed by atoms with Crippen LogP contribution in [0.25, 0.3) is 0 Å². The number of benzene rings is 1. The minimum Gasteiger partial charge on any atom is -0.493 e. The van der Waals surface area contributed by atoms with E-state index in [0.29, 0.717) is 36.9 Å². The number of hydrogen-bond donors (Lipinski definition) is 1. The molecule has 1 aromatic rings. The summed E-state index contributed by atoms with van der Waals surface area (Å²) in [5, 5.41) is 2.96. The lowest BCUT2D eigenvalue weighted by Gasteiger charge is -2.36. The van der Waals surface area contributed by atoms with Gasteiger partial charge in [0.1, 0.15) is 0 Å². The third-order valence-corrected chi connectivity index (χ3v) is 4.42. The number of carbonyl (C=O) groups excluding carboxylic acids is 1. The van der Waals surface area contributed by atoms with Gasteiger partial charge in [0.25, 0.3) is 0 Å². The van der Waals surface area contributed by atoms with Gasteiger partial charge in [0.2, 0.25) is 5.75 Å². The summed E-state index contributed by atoms with van der Waals surface area (Å²) in [5.41, 5.74) is 0.993. The fourth-order valence-corrected chi connectivity index (χ4v) is 2.92. The highest BCUT2D eigenvalue weighted by Gasteiger charge is 2.23. The SMILES string of the molecule is COc1cc(N2CCN(C(=O)NCCN(C)C)CC2)cc(OC)c1OC. The zero-order valence-electron chi connectivity index (χ0n) is 16.4. The Morgan fingerprint density at radius 3 is 2.08 bits per heavy atom. The van der Waals surface area contributed by atoms with Crippen LogP contribution in [0.1, 0.15) is 0 Å². The van der Waals surface area contributed by atoms with E-state index < -0.39 is 0 Å². The summed E-state index contributed by atoms with van der Waals surface area (Å²) < 4.78 is 16.2. The van der Waals surface area contributed by atoms with Gasteiger partial charge in [0, 0.05) is 57.1 Å².